The molecule has 6 nitrogen and oxygen atoms in total. The van der Waals surface area contributed by atoms with Crippen LogP contribution in [0.3, 0.4) is 0 Å². The van der Waals surface area contributed by atoms with Gasteiger partial charge in [0.2, 0.25) is 5.88 Å². The lowest BCUT2D eigenvalue weighted by Crippen LogP contribution is -2.04. The van der Waals surface area contributed by atoms with Crippen LogP contribution in [0.5, 0.6) is 5.88 Å². The lowest BCUT2D eigenvalue weighted by atomic mass is 10.1. The van der Waals surface area contributed by atoms with Gasteiger partial charge in [0.1, 0.15) is 5.82 Å². The quantitative estimate of drug-likeness (QED) is 0.525. The standard InChI is InChI=1S/C24H24N4O2/c1-2-29-24-20(13-8-17-6-4-3-5-7-17)21(25)14-23(28-24)27-19-11-9-18(10-12-19)22-15-26-16-30-22/h4,6-16H,2-3,5H2,1H3,(H3,25,27,28)/b13-8+. The molecule has 0 bridgehead atoms. The van der Waals surface area contributed by atoms with Crippen molar-refractivity contribution in [1.82, 2.24) is 9.97 Å². The van der Waals surface area contributed by atoms with Gasteiger partial charge in [0, 0.05) is 23.0 Å². The van der Waals surface area contributed by atoms with Crippen LogP contribution in [-0.2, 0) is 0 Å². The van der Waals surface area contributed by atoms with Gasteiger partial charge < -0.3 is 20.2 Å². The van der Waals surface area contributed by atoms with E-state index in [1.807, 2.05) is 49.4 Å². The molecule has 0 aliphatic heterocycles. The van der Waals surface area contributed by atoms with Crippen LogP contribution in [0.1, 0.15) is 25.3 Å². The zero-order chi connectivity index (χ0) is 20.8. The summed E-state index contributed by atoms with van der Waals surface area (Å²) in [5.74, 6) is 1.86. The normalized spacial score (nSPS) is 13.4. The number of hydrogen-bond acceptors (Lipinski definition) is 6. The Kier molecular flexibility index (Phi) is 5.94. The highest BCUT2D eigenvalue weighted by atomic mass is 16.5. The molecule has 0 unspecified atom stereocenters. The van der Waals surface area contributed by atoms with E-state index in [9.17, 15) is 0 Å². The van der Waals surface area contributed by atoms with Gasteiger partial charge in [0.25, 0.3) is 0 Å². The molecule has 1 aromatic carbocycles. The van der Waals surface area contributed by atoms with Gasteiger partial charge in [-0.1, -0.05) is 24.3 Å². The minimum atomic E-state index is 0.505. The summed E-state index contributed by atoms with van der Waals surface area (Å²) in [7, 11) is 0. The van der Waals surface area contributed by atoms with Gasteiger partial charge in [-0.15, -0.1) is 0 Å². The molecular weight excluding hydrogens is 376 g/mol. The number of benzene rings is 1. The van der Waals surface area contributed by atoms with Crippen LogP contribution in [0.25, 0.3) is 17.4 Å². The Bertz CT molecular complexity index is 1080. The van der Waals surface area contributed by atoms with Crippen molar-refractivity contribution in [2.24, 2.45) is 0 Å². The molecule has 6 heteroatoms. The summed E-state index contributed by atoms with van der Waals surface area (Å²) in [6.45, 7) is 2.44. The molecule has 1 aliphatic rings. The molecule has 30 heavy (non-hydrogen) atoms. The van der Waals surface area contributed by atoms with Crippen LogP contribution in [-0.4, -0.2) is 16.6 Å². The minimum absolute atomic E-state index is 0.505. The molecule has 4 rings (SSSR count). The molecule has 0 saturated carbocycles. The number of anilines is 3. The molecule has 0 amide bonds. The average molecular weight is 400 g/mol. The second-order valence-electron chi connectivity index (χ2n) is 6.83. The SMILES string of the molecule is CCOc1nc(Nc2ccc(-c3cnco3)cc2)cc(N)c1/C=C/C1=CCCC=C1. The number of rotatable bonds is 7. The number of nitrogens with zero attached hydrogens (tertiary/aromatic N) is 2. The highest BCUT2D eigenvalue weighted by Crippen LogP contribution is 2.30. The highest BCUT2D eigenvalue weighted by molar-refractivity contribution is 5.75. The molecule has 152 valence electrons. The molecule has 0 atom stereocenters. The van der Waals surface area contributed by atoms with Gasteiger partial charge in [-0.3, -0.25) is 0 Å². The van der Waals surface area contributed by atoms with Crippen molar-refractivity contribution < 1.29 is 9.15 Å². The lowest BCUT2D eigenvalue weighted by molar-refractivity contribution is 0.327. The van der Waals surface area contributed by atoms with Gasteiger partial charge in [-0.2, -0.15) is 4.98 Å². The maximum absolute atomic E-state index is 6.34. The van der Waals surface area contributed by atoms with Crippen molar-refractivity contribution in [2.45, 2.75) is 19.8 Å². The summed E-state index contributed by atoms with van der Waals surface area (Å²) in [6.07, 6.45) is 15.7. The Morgan fingerprint density at radius 3 is 2.77 bits per heavy atom. The van der Waals surface area contributed by atoms with Crippen LogP contribution in [0.4, 0.5) is 17.2 Å². The monoisotopic (exact) mass is 400 g/mol. The fourth-order valence-corrected chi connectivity index (χ4v) is 3.19. The molecule has 3 N–H and O–H groups in total. The van der Waals surface area contributed by atoms with Crippen molar-refractivity contribution in [3.63, 3.8) is 0 Å². The fraction of sp³-hybridized carbons (Fsp3) is 0.167. The van der Waals surface area contributed by atoms with Crippen LogP contribution in [0.2, 0.25) is 0 Å². The molecule has 0 radical (unpaired) electrons. The summed E-state index contributed by atoms with van der Waals surface area (Å²) in [6, 6.07) is 9.63. The number of ether oxygens (including phenoxy) is 1. The second kappa shape index (κ2) is 9.13. The number of nitrogens with one attached hydrogen (secondary N) is 1. The first-order valence-electron chi connectivity index (χ1n) is 9.97. The van der Waals surface area contributed by atoms with Crippen molar-refractivity contribution in [1.29, 1.82) is 0 Å². The molecule has 0 fully saturated rings. The predicted octanol–water partition coefficient (Wildman–Crippen LogP) is 5.75. The summed E-state index contributed by atoms with van der Waals surface area (Å²) < 4.78 is 11.1. The number of pyridine rings is 1. The Morgan fingerprint density at radius 2 is 2.07 bits per heavy atom. The van der Waals surface area contributed by atoms with Crippen molar-refractivity contribution in [3.05, 3.63) is 78.4 Å². The zero-order valence-corrected chi connectivity index (χ0v) is 16.8. The topological polar surface area (TPSA) is 86.2 Å². The molecule has 2 aromatic heterocycles. The van der Waals surface area contributed by atoms with Crippen LogP contribution in [0.15, 0.2) is 77.2 Å². The van der Waals surface area contributed by atoms with E-state index < -0.39 is 0 Å². The third kappa shape index (κ3) is 4.60. The number of nitrogen functional groups attached to an aromatic ring is 1. The van der Waals surface area contributed by atoms with Gasteiger partial charge in [-0.05, 0) is 55.7 Å². The van der Waals surface area contributed by atoms with E-state index >= 15 is 0 Å². The van der Waals surface area contributed by atoms with Crippen LogP contribution >= 0.6 is 0 Å². The molecule has 0 spiro atoms. The van der Waals surface area contributed by atoms with E-state index in [0.29, 0.717) is 24.0 Å². The van der Waals surface area contributed by atoms with Crippen LogP contribution < -0.4 is 15.8 Å². The first kappa shape index (κ1) is 19.5. The lowest BCUT2D eigenvalue weighted by Gasteiger charge is -2.13. The number of nitrogens with two attached hydrogens (primary N) is 1. The third-order valence-electron chi connectivity index (χ3n) is 4.68. The van der Waals surface area contributed by atoms with Crippen molar-refractivity contribution in [2.75, 3.05) is 17.7 Å². The average Bonchev–Trinajstić information content (AvgIpc) is 3.30. The number of oxazole rings is 1. The first-order valence-corrected chi connectivity index (χ1v) is 9.97. The Labute approximate surface area is 175 Å². The molecule has 2 heterocycles. The minimum Gasteiger partial charge on any atom is -0.477 e. The Hall–Kier alpha value is -3.80. The fourth-order valence-electron chi connectivity index (χ4n) is 3.19. The Balaban J connectivity index is 1.56. The number of aromatic nitrogens is 2. The van der Waals surface area contributed by atoms with Crippen molar-refractivity contribution >= 4 is 23.3 Å². The zero-order valence-electron chi connectivity index (χ0n) is 16.8. The summed E-state index contributed by atoms with van der Waals surface area (Å²) >= 11 is 0. The molecule has 3 aromatic rings. The van der Waals surface area contributed by atoms with E-state index in [4.69, 9.17) is 14.9 Å². The smallest absolute Gasteiger partial charge is 0.224 e. The number of hydrogen-bond donors (Lipinski definition) is 2. The Morgan fingerprint density at radius 1 is 1.20 bits per heavy atom. The summed E-state index contributed by atoms with van der Waals surface area (Å²) in [4.78, 5) is 8.57. The summed E-state index contributed by atoms with van der Waals surface area (Å²) in [5, 5.41) is 3.28. The third-order valence-corrected chi connectivity index (χ3v) is 4.68. The largest absolute Gasteiger partial charge is 0.477 e. The summed E-state index contributed by atoms with van der Waals surface area (Å²) in [5.41, 5.74) is 10.7. The van der Waals surface area contributed by atoms with Gasteiger partial charge in [0.15, 0.2) is 12.2 Å². The van der Waals surface area contributed by atoms with E-state index in [2.05, 4.69) is 33.5 Å². The molecule has 1 aliphatic carbocycles. The highest BCUT2D eigenvalue weighted by Gasteiger charge is 2.11. The molecular formula is C24H24N4O2. The predicted molar refractivity (Wildman–Crippen MR) is 121 cm³/mol. The van der Waals surface area contributed by atoms with Crippen LogP contribution in [0, 0.1) is 0 Å². The van der Waals surface area contributed by atoms with E-state index in [1.165, 1.54) is 6.39 Å². The number of allylic oxidation sites excluding steroid dienone is 5. The van der Waals surface area contributed by atoms with E-state index in [0.717, 1.165) is 41.0 Å². The maximum Gasteiger partial charge on any atom is 0.224 e. The second-order valence-corrected chi connectivity index (χ2v) is 6.83. The van der Waals surface area contributed by atoms with Gasteiger partial charge in [-0.25, -0.2) is 4.98 Å². The first-order chi connectivity index (χ1) is 14.7. The van der Waals surface area contributed by atoms with Gasteiger partial charge >= 0.3 is 0 Å². The van der Waals surface area contributed by atoms with Gasteiger partial charge in [0.05, 0.1) is 18.4 Å². The van der Waals surface area contributed by atoms with E-state index in [1.54, 1.807) is 6.20 Å². The van der Waals surface area contributed by atoms with Crippen molar-refractivity contribution in [3.8, 4) is 17.2 Å². The molecule has 0 saturated heterocycles. The maximum atomic E-state index is 6.34. The van der Waals surface area contributed by atoms with E-state index in [-0.39, 0.29) is 0 Å².